The van der Waals surface area contributed by atoms with E-state index in [0.29, 0.717) is 18.5 Å². The highest BCUT2D eigenvalue weighted by atomic mass is 32.2. The quantitative estimate of drug-likeness (QED) is 0.929. The molecule has 1 saturated heterocycles. The van der Waals surface area contributed by atoms with Gasteiger partial charge in [-0.25, -0.2) is 12.8 Å². The maximum absolute atomic E-state index is 13.4. The highest BCUT2D eigenvalue weighted by molar-refractivity contribution is 7.89. The molecule has 1 aliphatic heterocycles. The van der Waals surface area contributed by atoms with Gasteiger partial charge in [-0.1, -0.05) is 6.42 Å². The van der Waals surface area contributed by atoms with Crippen molar-refractivity contribution < 1.29 is 17.9 Å². The molecule has 0 saturated carbocycles. The molecule has 1 heterocycles. The maximum atomic E-state index is 13.4. The van der Waals surface area contributed by atoms with Crippen molar-refractivity contribution in [3.05, 3.63) is 29.6 Å². The fourth-order valence-electron chi connectivity index (χ4n) is 2.70. The van der Waals surface area contributed by atoms with E-state index < -0.39 is 28.0 Å². The van der Waals surface area contributed by atoms with Gasteiger partial charge >= 0.3 is 0 Å². The minimum Gasteiger partial charge on any atom is -0.392 e. The summed E-state index contributed by atoms with van der Waals surface area (Å²) in [5.74, 6) is -0.561. The molecule has 1 aromatic rings. The first kappa shape index (κ1) is 15.4. The average Bonchev–Trinajstić information content (AvgIpc) is 2.37. The summed E-state index contributed by atoms with van der Waals surface area (Å²) in [6, 6.07) is 3.36. The smallest absolute Gasteiger partial charge is 0.243 e. The van der Waals surface area contributed by atoms with Gasteiger partial charge in [0.2, 0.25) is 10.0 Å². The number of piperidine rings is 1. The Balaban J connectivity index is 2.42. The monoisotopic (exact) mass is 301 g/mol. The van der Waals surface area contributed by atoms with Crippen LogP contribution in [0.15, 0.2) is 23.1 Å². The maximum Gasteiger partial charge on any atom is 0.243 e. The fraction of sp³-hybridized carbons (Fsp3) is 0.571. The summed E-state index contributed by atoms with van der Waals surface area (Å²) in [7, 11) is -3.77. The van der Waals surface area contributed by atoms with Crippen LogP contribution in [0.4, 0.5) is 4.39 Å². The van der Waals surface area contributed by atoms with Crippen molar-refractivity contribution in [1.29, 1.82) is 0 Å². The van der Waals surface area contributed by atoms with Crippen molar-refractivity contribution in [2.24, 2.45) is 0 Å². The number of aliphatic hydroxyl groups excluding tert-OH is 1. The molecule has 0 aromatic heterocycles. The minimum atomic E-state index is -3.77. The van der Waals surface area contributed by atoms with Crippen molar-refractivity contribution in [2.45, 2.75) is 50.2 Å². The second kappa shape index (κ2) is 5.79. The molecule has 112 valence electrons. The molecular weight excluding hydrogens is 281 g/mol. The molecule has 2 rings (SSSR count). The molecule has 1 N–H and O–H groups in total. The van der Waals surface area contributed by atoms with Gasteiger partial charge in [0.25, 0.3) is 0 Å². The van der Waals surface area contributed by atoms with Crippen LogP contribution in [-0.4, -0.2) is 36.5 Å². The highest BCUT2D eigenvalue weighted by Crippen LogP contribution is 2.27. The lowest BCUT2D eigenvalue weighted by Gasteiger charge is -2.36. The summed E-state index contributed by atoms with van der Waals surface area (Å²) in [6.07, 6.45) is 1.55. The van der Waals surface area contributed by atoms with Crippen LogP contribution in [-0.2, 0) is 10.0 Å². The van der Waals surface area contributed by atoms with Crippen molar-refractivity contribution in [1.82, 2.24) is 4.31 Å². The summed E-state index contributed by atoms with van der Waals surface area (Å²) in [5, 5.41) is 9.79. The van der Waals surface area contributed by atoms with Crippen molar-refractivity contribution in [3.8, 4) is 0 Å². The third-order valence-electron chi connectivity index (χ3n) is 3.68. The van der Waals surface area contributed by atoms with Gasteiger partial charge in [-0.3, -0.25) is 0 Å². The predicted molar refractivity (Wildman–Crippen MR) is 74.3 cm³/mol. The second-order valence-electron chi connectivity index (χ2n) is 5.38. The van der Waals surface area contributed by atoms with E-state index >= 15 is 0 Å². The highest BCUT2D eigenvalue weighted by Gasteiger charge is 2.36. The molecule has 0 radical (unpaired) electrons. The Kier molecular flexibility index (Phi) is 4.46. The summed E-state index contributed by atoms with van der Waals surface area (Å²) in [4.78, 5) is -0.0393. The standard InChI is InChI=1S/C14H20FNO3S/c1-10-7-12(15)9-13(8-10)20(18,19)16-6-4-3-5-14(16)11(2)17/h7-9,11,14,17H,3-6H2,1-2H3. The molecule has 2 unspecified atom stereocenters. The summed E-state index contributed by atoms with van der Waals surface area (Å²) in [5.41, 5.74) is 0.564. The molecule has 0 bridgehead atoms. The van der Waals surface area contributed by atoms with E-state index in [4.69, 9.17) is 0 Å². The summed E-state index contributed by atoms with van der Waals surface area (Å²) < 4.78 is 40.1. The van der Waals surface area contributed by atoms with Crippen LogP contribution in [0.25, 0.3) is 0 Å². The van der Waals surface area contributed by atoms with E-state index in [2.05, 4.69) is 0 Å². The molecule has 1 aromatic carbocycles. The van der Waals surface area contributed by atoms with Crippen LogP contribution in [0.1, 0.15) is 31.7 Å². The van der Waals surface area contributed by atoms with Crippen molar-refractivity contribution in [3.63, 3.8) is 0 Å². The first-order valence-electron chi connectivity index (χ1n) is 6.79. The Labute approximate surface area is 119 Å². The predicted octanol–water partition coefficient (Wildman–Crippen LogP) is 2.06. The molecule has 4 nitrogen and oxygen atoms in total. The van der Waals surface area contributed by atoms with E-state index in [1.54, 1.807) is 13.8 Å². The Morgan fingerprint density at radius 1 is 1.35 bits per heavy atom. The van der Waals surface area contributed by atoms with Crippen LogP contribution in [0.2, 0.25) is 0 Å². The van der Waals surface area contributed by atoms with E-state index in [-0.39, 0.29) is 4.90 Å². The first-order valence-corrected chi connectivity index (χ1v) is 8.23. The van der Waals surface area contributed by atoms with Gasteiger partial charge in [-0.2, -0.15) is 4.31 Å². The number of aryl methyl sites for hydroxylation is 1. The Morgan fingerprint density at radius 3 is 2.65 bits per heavy atom. The van der Waals surface area contributed by atoms with Crippen molar-refractivity contribution in [2.75, 3.05) is 6.54 Å². The normalized spacial score (nSPS) is 22.7. The average molecular weight is 301 g/mol. The number of hydrogen-bond acceptors (Lipinski definition) is 3. The number of rotatable bonds is 3. The molecule has 6 heteroatoms. The Bertz CT molecular complexity index is 566. The first-order chi connectivity index (χ1) is 9.32. The fourth-order valence-corrected chi connectivity index (χ4v) is 4.57. The molecule has 1 aliphatic rings. The lowest BCUT2D eigenvalue weighted by Crippen LogP contribution is -2.48. The van der Waals surface area contributed by atoms with Crippen LogP contribution in [0.5, 0.6) is 0 Å². The van der Waals surface area contributed by atoms with Crippen LogP contribution >= 0.6 is 0 Å². The third kappa shape index (κ3) is 3.02. The van der Waals surface area contributed by atoms with Crippen LogP contribution in [0.3, 0.4) is 0 Å². The van der Waals surface area contributed by atoms with Gasteiger partial charge in [0, 0.05) is 6.54 Å². The van der Waals surface area contributed by atoms with Crippen LogP contribution in [0, 0.1) is 12.7 Å². The molecule has 0 spiro atoms. The zero-order chi connectivity index (χ0) is 14.9. The number of nitrogens with zero attached hydrogens (tertiary/aromatic N) is 1. The number of sulfonamides is 1. The molecule has 20 heavy (non-hydrogen) atoms. The van der Waals surface area contributed by atoms with E-state index in [9.17, 15) is 17.9 Å². The molecule has 1 fully saturated rings. The zero-order valence-corrected chi connectivity index (χ0v) is 12.5. The lowest BCUT2D eigenvalue weighted by atomic mass is 10.0. The SMILES string of the molecule is Cc1cc(F)cc(S(=O)(=O)N2CCCCC2C(C)O)c1. The largest absolute Gasteiger partial charge is 0.392 e. The topological polar surface area (TPSA) is 57.6 Å². The second-order valence-corrected chi connectivity index (χ2v) is 7.27. The van der Waals surface area contributed by atoms with Gasteiger partial charge in [0.05, 0.1) is 17.0 Å². The van der Waals surface area contributed by atoms with Gasteiger partial charge in [-0.05, 0) is 50.5 Å². The van der Waals surface area contributed by atoms with E-state index in [0.717, 1.165) is 18.9 Å². The van der Waals surface area contributed by atoms with Gasteiger partial charge < -0.3 is 5.11 Å². The lowest BCUT2D eigenvalue weighted by molar-refractivity contribution is 0.0831. The molecular formula is C14H20FNO3S. The minimum absolute atomic E-state index is 0.0393. The zero-order valence-electron chi connectivity index (χ0n) is 11.7. The van der Waals surface area contributed by atoms with E-state index in [1.165, 1.54) is 16.4 Å². The number of aliphatic hydroxyl groups is 1. The molecule has 0 amide bonds. The molecule has 2 atom stereocenters. The Morgan fingerprint density at radius 2 is 2.05 bits per heavy atom. The third-order valence-corrected chi connectivity index (χ3v) is 5.58. The number of benzene rings is 1. The Hall–Kier alpha value is -0.980. The van der Waals surface area contributed by atoms with Gasteiger partial charge in [-0.15, -0.1) is 0 Å². The summed E-state index contributed by atoms with van der Waals surface area (Å²) >= 11 is 0. The van der Waals surface area contributed by atoms with Gasteiger partial charge in [0.1, 0.15) is 5.82 Å². The van der Waals surface area contributed by atoms with Crippen molar-refractivity contribution >= 4 is 10.0 Å². The number of hydrogen-bond donors (Lipinski definition) is 1. The van der Waals surface area contributed by atoms with E-state index in [1.807, 2.05) is 0 Å². The molecule has 0 aliphatic carbocycles. The summed E-state index contributed by atoms with van der Waals surface area (Å²) in [6.45, 7) is 3.62. The van der Waals surface area contributed by atoms with Gasteiger partial charge in [0.15, 0.2) is 0 Å². The van der Waals surface area contributed by atoms with Crippen LogP contribution < -0.4 is 0 Å². The number of halogens is 1.